The maximum atomic E-state index is 10.9. The number of hydrogen-bond acceptors (Lipinski definition) is 5. The highest BCUT2D eigenvalue weighted by atomic mass is 16.5. The maximum absolute atomic E-state index is 10.9. The van der Waals surface area contributed by atoms with E-state index in [1.54, 1.807) is 0 Å². The summed E-state index contributed by atoms with van der Waals surface area (Å²) in [6.45, 7) is 4.68. The zero-order chi connectivity index (χ0) is 10.6. The van der Waals surface area contributed by atoms with Crippen molar-refractivity contribution in [2.24, 2.45) is 5.73 Å². The molecule has 1 aromatic heterocycles. The number of carbonyl (C=O) groups is 1. The van der Waals surface area contributed by atoms with E-state index in [-0.39, 0.29) is 12.3 Å². The van der Waals surface area contributed by atoms with Crippen LogP contribution in [-0.2, 0) is 11.3 Å². The largest absolute Gasteiger partial charge is 0.361 e. The van der Waals surface area contributed by atoms with Crippen molar-refractivity contribution in [2.75, 3.05) is 13.1 Å². The van der Waals surface area contributed by atoms with Crippen molar-refractivity contribution in [3.05, 3.63) is 17.0 Å². The second-order valence-corrected chi connectivity index (χ2v) is 3.15. The van der Waals surface area contributed by atoms with Gasteiger partial charge in [0.1, 0.15) is 5.76 Å². The molecule has 0 unspecified atom stereocenters. The Labute approximate surface area is 82.6 Å². The SMILES string of the molecule is Cc1noc(C)c1CNCC(=O)CN. The van der Waals surface area contributed by atoms with E-state index in [1.807, 2.05) is 13.8 Å². The summed E-state index contributed by atoms with van der Waals surface area (Å²) in [4.78, 5) is 10.9. The van der Waals surface area contributed by atoms with Gasteiger partial charge >= 0.3 is 0 Å². The number of nitrogens with zero attached hydrogens (tertiary/aromatic N) is 1. The summed E-state index contributed by atoms with van der Waals surface area (Å²) in [5.41, 5.74) is 7.04. The van der Waals surface area contributed by atoms with Crippen LogP contribution in [0.1, 0.15) is 17.0 Å². The van der Waals surface area contributed by atoms with Crippen molar-refractivity contribution in [3.8, 4) is 0 Å². The topological polar surface area (TPSA) is 81.2 Å². The Balaban J connectivity index is 2.42. The minimum absolute atomic E-state index is 0.00300. The van der Waals surface area contributed by atoms with Crippen molar-refractivity contribution in [3.63, 3.8) is 0 Å². The standard InChI is InChI=1S/C9H15N3O2/c1-6-9(7(2)14-12-6)5-11-4-8(13)3-10/h11H,3-5,10H2,1-2H3. The molecule has 5 nitrogen and oxygen atoms in total. The fraction of sp³-hybridized carbons (Fsp3) is 0.556. The van der Waals surface area contributed by atoms with Crippen molar-refractivity contribution in [1.29, 1.82) is 0 Å². The van der Waals surface area contributed by atoms with Gasteiger partial charge in [0.15, 0.2) is 5.78 Å². The predicted octanol–water partition coefficient (Wildman–Crippen LogP) is -0.0912. The van der Waals surface area contributed by atoms with E-state index in [1.165, 1.54) is 0 Å². The van der Waals surface area contributed by atoms with Gasteiger partial charge in [0.25, 0.3) is 0 Å². The Morgan fingerprint density at radius 3 is 2.79 bits per heavy atom. The summed E-state index contributed by atoms with van der Waals surface area (Å²) < 4.78 is 4.98. The fourth-order valence-electron chi connectivity index (χ4n) is 1.15. The van der Waals surface area contributed by atoms with Crippen LogP contribution in [-0.4, -0.2) is 24.0 Å². The smallest absolute Gasteiger partial charge is 0.160 e. The van der Waals surface area contributed by atoms with E-state index in [2.05, 4.69) is 10.5 Å². The first-order chi connectivity index (χ1) is 6.65. The number of ketones is 1. The fourth-order valence-corrected chi connectivity index (χ4v) is 1.15. The van der Waals surface area contributed by atoms with Gasteiger partial charge in [0.2, 0.25) is 0 Å². The molecule has 78 valence electrons. The Kier molecular flexibility index (Phi) is 3.79. The third-order valence-electron chi connectivity index (χ3n) is 2.03. The summed E-state index contributed by atoms with van der Waals surface area (Å²) in [5, 5.41) is 6.80. The number of carbonyl (C=O) groups excluding carboxylic acids is 1. The minimum atomic E-state index is -0.00300. The second-order valence-electron chi connectivity index (χ2n) is 3.15. The number of hydrogen-bond donors (Lipinski definition) is 2. The highest BCUT2D eigenvalue weighted by Gasteiger charge is 2.08. The van der Waals surface area contributed by atoms with E-state index >= 15 is 0 Å². The van der Waals surface area contributed by atoms with Crippen LogP contribution in [0.15, 0.2) is 4.52 Å². The van der Waals surface area contributed by atoms with Gasteiger partial charge in [-0.05, 0) is 13.8 Å². The number of rotatable bonds is 5. The third kappa shape index (κ3) is 2.65. The average Bonchev–Trinajstić information content (AvgIpc) is 2.48. The van der Waals surface area contributed by atoms with Crippen molar-refractivity contribution in [1.82, 2.24) is 10.5 Å². The van der Waals surface area contributed by atoms with Gasteiger partial charge in [-0.25, -0.2) is 0 Å². The molecule has 0 aliphatic carbocycles. The summed E-state index contributed by atoms with van der Waals surface area (Å²) >= 11 is 0. The first kappa shape index (κ1) is 10.9. The van der Waals surface area contributed by atoms with E-state index < -0.39 is 0 Å². The molecule has 0 spiro atoms. The molecule has 0 saturated carbocycles. The van der Waals surface area contributed by atoms with Gasteiger partial charge in [-0.2, -0.15) is 0 Å². The van der Waals surface area contributed by atoms with Crippen LogP contribution < -0.4 is 11.1 Å². The molecule has 0 bridgehead atoms. The third-order valence-corrected chi connectivity index (χ3v) is 2.03. The van der Waals surface area contributed by atoms with Crippen LogP contribution in [0.4, 0.5) is 0 Å². The van der Waals surface area contributed by atoms with Crippen LogP contribution in [0.25, 0.3) is 0 Å². The summed E-state index contributed by atoms with van der Waals surface area (Å²) in [6, 6.07) is 0. The molecule has 1 heterocycles. The molecule has 1 rings (SSSR count). The van der Waals surface area contributed by atoms with Crippen LogP contribution in [0.3, 0.4) is 0 Å². The minimum Gasteiger partial charge on any atom is -0.361 e. The van der Waals surface area contributed by atoms with E-state index in [4.69, 9.17) is 10.3 Å². The first-order valence-corrected chi connectivity index (χ1v) is 4.49. The van der Waals surface area contributed by atoms with Gasteiger partial charge in [-0.1, -0.05) is 5.16 Å². The molecule has 0 aliphatic heterocycles. The molecule has 14 heavy (non-hydrogen) atoms. The number of nitrogens with two attached hydrogens (primary N) is 1. The molecule has 0 aromatic carbocycles. The Morgan fingerprint density at radius 2 is 2.29 bits per heavy atom. The average molecular weight is 197 g/mol. The molecular weight excluding hydrogens is 182 g/mol. The summed E-state index contributed by atoms with van der Waals surface area (Å²) in [5.74, 6) is 0.784. The molecule has 1 aromatic rings. The van der Waals surface area contributed by atoms with Crippen LogP contribution >= 0.6 is 0 Å². The summed E-state index contributed by atoms with van der Waals surface area (Å²) in [7, 11) is 0. The predicted molar refractivity (Wildman–Crippen MR) is 51.7 cm³/mol. The lowest BCUT2D eigenvalue weighted by Gasteiger charge is -2.01. The number of nitrogens with one attached hydrogen (secondary N) is 1. The van der Waals surface area contributed by atoms with Crippen molar-refractivity contribution < 1.29 is 9.32 Å². The number of aromatic nitrogens is 1. The molecule has 0 atom stereocenters. The molecule has 0 radical (unpaired) electrons. The van der Waals surface area contributed by atoms with E-state index in [9.17, 15) is 4.79 Å². The molecule has 0 fully saturated rings. The van der Waals surface area contributed by atoms with Gasteiger partial charge in [-0.3, -0.25) is 4.79 Å². The molecule has 0 amide bonds. The Morgan fingerprint density at radius 1 is 1.57 bits per heavy atom. The normalized spacial score (nSPS) is 10.5. The van der Waals surface area contributed by atoms with Crippen molar-refractivity contribution in [2.45, 2.75) is 20.4 Å². The lowest BCUT2D eigenvalue weighted by atomic mass is 10.2. The lowest BCUT2D eigenvalue weighted by Crippen LogP contribution is -2.28. The number of Topliss-reactive ketones (excluding diaryl/α,β-unsaturated/α-hetero) is 1. The Bertz CT molecular complexity index is 300. The van der Waals surface area contributed by atoms with Crippen LogP contribution in [0, 0.1) is 13.8 Å². The zero-order valence-corrected chi connectivity index (χ0v) is 8.46. The van der Waals surface area contributed by atoms with Gasteiger partial charge in [0, 0.05) is 12.1 Å². The molecule has 3 N–H and O–H groups in total. The van der Waals surface area contributed by atoms with Gasteiger partial charge in [0.05, 0.1) is 18.8 Å². The zero-order valence-electron chi connectivity index (χ0n) is 8.46. The monoisotopic (exact) mass is 197 g/mol. The Hall–Kier alpha value is -1.20. The summed E-state index contributed by atoms with van der Waals surface area (Å²) in [6.07, 6.45) is 0. The maximum Gasteiger partial charge on any atom is 0.160 e. The van der Waals surface area contributed by atoms with Gasteiger partial charge in [-0.15, -0.1) is 0 Å². The first-order valence-electron chi connectivity index (χ1n) is 4.49. The second kappa shape index (κ2) is 4.88. The van der Waals surface area contributed by atoms with Crippen molar-refractivity contribution >= 4 is 5.78 Å². The molecule has 5 heteroatoms. The van der Waals surface area contributed by atoms with Crippen LogP contribution in [0.5, 0.6) is 0 Å². The highest BCUT2D eigenvalue weighted by Crippen LogP contribution is 2.10. The van der Waals surface area contributed by atoms with E-state index in [0.29, 0.717) is 13.1 Å². The molecular formula is C9H15N3O2. The van der Waals surface area contributed by atoms with Crippen LogP contribution in [0.2, 0.25) is 0 Å². The van der Waals surface area contributed by atoms with E-state index in [0.717, 1.165) is 17.0 Å². The lowest BCUT2D eigenvalue weighted by molar-refractivity contribution is -0.116. The number of aryl methyl sites for hydroxylation is 2. The molecule has 0 aliphatic rings. The highest BCUT2D eigenvalue weighted by molar-refractivity contribution is 5.82. The molecule has 0 saturated heterocycles. The van der Waals surface area contributed by atoms with Gasteiger partial charge < -0.3 is 15.6 Å². The quantitative estimate of drug-likeness (QED) is 0.689.